The van der Waals surface area contributed by atoms with E-state index in [1.807, 2.05) is 0 Å². The molecule has 1 aromatic heterocycles. The minimum Gasteiger partial charge on any atom is -0.375 e. The smallest absolute Gasteiger partial charge is 0.313 e. The number of hydrogen-bond donors (Lipinski definition) is 4. The summed E-state index contributed by atoms with van der Waals surface area (Å²) in [7, 11) is 0. The summed E-state index contributed by atoms with van der Waals surface area (Å²) < 4.78 is 0.599. The van der Waals surface area contributed by atoms with Crippen LogP contribution in [0.25, 0.3) is 0 Å². The Morgan fingerprint density at radius 3 is 2.73 bits per heavy atom. The summed E-state index contributed by atoms with van der Waals surface area (Å²) in [5.74, 6) is -0.268. The van der Waals surface area contributed by atoms with Gasteiger partial charge in [0, 0.05) is 18.0 Å². The molecule has 1 atom stereocenters. The fraction of sp³-hybridized carbons (Fsp3) is 0.211. The zero-order valence-corrected chi connectivity index (χ0v) is 18.2. The van der Waals surface area contributed by atoms with Crippen molar-refractivity contribution in [2.24, 2.45) is 5.73 Å². The lowest BCUT2D eigenvalue weighted by molar-refractivity contribution is -0.133. The average Bonchev–Trinajstić information content (AvgIpc) is 3.22. The maximum atomic E-state index is 12.8. The van der Waals surface area contributed by atoms with Crippen LogP contribution >= 0.6 is 27.7 Å². The lowest BCUT2D eigenvalue weighted by Gasteiger charge is -2.23. The molecule has 1 fully saturated rings. The number of nitrogens with two attached hydrogens (primary N) is 2. The van der Waals surface area contributed by atoms with Gasteiger partial charge in [0.05, 0.1) is 12.1 Å². The second-order valence-corrected chi connectivity index (χ2v) is 8.32. The second kappa shape index (κ2) is 9.72. The van der Waals surface area contributed by atoms with Crippen molar-refractivity contribution in [3.05, 3.63) is 52.6 Å². The first kappa shape index (κ1) is 21.8. The molecule has 11 heteroatoms. The average molecular weight is 492 g/mol. The number of thioether (sulfide) groups is 1. The summed E-state index contributed by atoms with van der Waals surface area (Å²) >= 11 is 4.64. The van der Waals surface area contributed by atoms with Crippen LogP contribution in [0.15, 0.2) is 47.1 Å². The number of anilines is 2. The van der Waals surface area contributed by atoms with Gasteiger partial charge in [0.25, 0.3) is 11.6 Å². The van der Waals surface area contributed by atoms with Crippen molar-refractivity contribution in [2.45, 2.75) is 5.37 Å². The van der Waals surface area contributed by atoms with E-state index < -0.39 is 11.3 Å². The van der Waals surface area contributed by atoms with Crippen molar-refractivity contribution >= 4 is 62.6 Å². The predicted octanol–water partition coefficient (Wildman–Crippen LogP) is -0.170. The Bertz CT molecular complexity index is 1000. The molecule has 0 saturated carbocycles. The van der Waals surface area contributed by atoms with Crippen LogP contribution in [0.2, 0.25) is 0 Å². The summed E-state index contributed by atoms with van der Waals surface area (Å²) in [4.78, 5) is 42.5. The number of carbonyl (C=O) groups is 3. The summed E-state index contributed by atoms with van der Waals surface area (Å²) in [6.07, 6.45) is 0. The van der Waals surface area contributed by atoms with Crippen LogP contribution in [0.3, 0.4) is 0 Å². The summed E-state index contributed by atoms with van der Waals surface area (Å²) in [6.45, 7) is 0.384. The standard InChI is InChI=1S/C19H19BrN6O3S/c20-13-6-3-7-14(24-13)25-18(29)19-26(8-9-30-19)15(27)10-23-12-5-2-1-4-11(12)16(21)17(22)28/h1-7,19,21,23H,8-10H2,(H2,22,28)(H,24,25,29)/p+1/t19-/m0/s1. The number of pyridine rings is 1. The predicted molar refractivity (Wildman–Crippen MR) is 119 cm³/mol. The summed E-state index contributed by atoms with van der Waals surface area (Å²) in [6, 6.07) is 12.0. The number of nitrogens with one attached hydrogen (secondary N) is 2. The molecule has 0 bridgehead atoms. The molecule has 1 saturated heterocycles. The van der Waals surface area contributed by atoms with Crippen LogP contribution in [0, 0.1) is 0 Å². The number of rotatable bonds is 7. The van der Waals surface area contributed by atoms with Crippen molar-refractivity contribution in [2.75, 3.05) is 29.5 Å². The van der Waals surface area contributed by atoms with E-state index in [0.29, 0.717) is 34.0 Å². The third-order valence-corrected chi connectivity index (χ3v) is 5.96. The number of carbonyl (C=O) groups excluding carboxylic acids is 3. The number of aromatic nitrogens is 1. The number of benzene rings is 1. The molecule has 0 radical (unpaired) electrons. The molecule has 1 aliphatic heterocycles. The number of nitrogens with zero attached hydrogens (tertiary/aromatic N) is 2. The van der Waals surface area contributed by atoms with Gasteiger partial charge in [-0.15, -0.1) is 11.8 Å². The molecular weight excluding hydrogens is 472 g/mol. The molecule has 0 aliphatic carbocycles. The monoisotopic (exact) mass is 491 g/mol. The van der Waals surface area contributed by atoms with E-state index in [4.69, 9.17) is 11.1 Å². The van der Waals surface area contributed by atoms with Crippen LogP contribution < -0.4 is 21.8 Å². The first-order chi connectivity index (χ1) is 14.4. The van der Waals surface area contributed by atoms with Gasteiger partial charge in [-0.05, 0) is 40.2 Å². The fourth-order valence-electron chi connectivity index (χ4n) is 2.89. The first-order valence-electron chi connectivity index (χ1n) is 8.97. The zero-order valence-electron chi connectivity index (χ0n) is 15.8. The van der Waals surface area contributed by atoms with Gasteiger partial charge < -0.3 is 21.3 Å². The first-order valence-corrected chi connectivity index (χ1v) is 10.8. The molecule has 9 nitrogen and oxygen atoms in total. The largest absolute Gasteiger partial charge is 0.375 e. The number of primary amides is 1. The summed E-state index contributed by atoms with van der Waals surface area (Å²) in [5.41, 5.74) is 6.09. The third-order valence-electron chi connectivity index (χ3n) is 4.31. The second-order valence-electron chi connectivity index (χ2n) is 6.32. The van der Waals surface area contributed by atoms with Gasteiger partial charge in [-0.1, -0.05) is 18.2 Å². The molecule has 2 aromatic rings. The minimum absolute atomic E-state index is 0.0669. The molecule has 3 amide bonds. The van der Waals surface area contributed by atoms with Crippen LogP contribution in [0.1, 0.15) is 5.56 Å². The highest BCUT2D eigenvalue weighted by atomic mass is 79.9. The van der Waals surface area contributed by atoms with Crippen LogP contribution in [0.5, 0.6) is 0 Å². The Morgan fingerprint density at radius 2 is 2.00 bits per heavy atom. The van der Waals surface area contributed by atoms with Crippen molar-refractivity contribution in [1.29, 1.82) is 0 Å². The van der Waals surface area contributed by atoms with E-state index in [1.165, 1.54) is 16.7 Å². The molecule has 0 spiro atoms. The van der Waals surface area contributed by atoms with Gasteiger partial charge >= 0.3 is 5.91 Å². The molecule has 6 N–H and O–H groups in total. The third kappa shape index (κ3) is 5.16. The SMILES string of the molecule is NC(=O)C(=[NH2+])c1ccccc1NCC(=O)N1CCS[C@H]1C(=O)Nc1cccc(Br)n1. The number of para-hydroxylation sites is 1. The van der Waals surface area contributed by atoms with E-state index in [0.717, 1.165) is 0 Å². The quantitative estimate of drug-likeness (QED) is 0.312. The van der Waals surface area contributed by atoms with E-state index in [9.17, 15) is 14.4 Å². The summed E-state index contributed by atoms with van der Waals surface area (Å²) in [5, 5.41) is 10.8. The van der Waals surface area contributed by atoms with Gasteiger partial charge in [-0.3, -0.25) is 14.4 Å². The molecule has 156 valence electrons. The Balaban J connectivity index is 1.65. The lowest BCUT2D eigenvalue weighted by atomic mass is 10.1. The van der Waals surface area contributed by atoms with Crippen molar-refractivity contribution in [3.63, 3.8) is 0 Å². The maximum Gasteiger partial charge on any atom is 0.313 e. The molecule has 1 aromatic carbocycles. The van der Waals surface area contributed by atoms with Gasteiger partial charge in [-0.2, -0.15) is 0 Å². The van der Waals surface area contributed by atoms with Gasteiger partial charge in [0.2, 0.25) is 5.91 Å². The van der Waals surface area contributed by atoms with Crippen LogP contribution in [-0.4, -0.2) is 57.5 Å². The van der Waals surface area contributed by atoms with Crippen molar-refractivity contribution < 1.29 is 19.8 Å². The zero-order chi connectivity index (χ0) is 21.7. The lowest BCUT2D eigenvalue weighted by Crippen LogP contribution is -2.49. The number of amides is 3. The Hall–Kier alpha value is -2.92. The fourth-order valence-corrected chi connectivity index (χ4v) is 4.37. The molecule has 2 heterocycles. The van der Waals surface area contributed by atoms with Crippen molar-refractivity contribution in [3.8, 4) is 0 Å². The molecule has 3 rings (SSSR count). The van der Waals surface area contributed by atoms with Crippen molar-refractivity contribution in [1.82, 2.24) is 9.88 Å². The Labute approximate surface area is 185 Å². The van der Waals surface area contributed by atoms with E-state index >= 15 is 0 Å². The number of hydrogen-bond acceptors (Lipinski definition) is 6. The highest BCUT2D eigenvalue weighted by Crippen LogP contribution is 2.25. The van der Waals surface area contributed by atoms with E-state index in [2.05, 4.69) is 31.5 Å². The Kier molecular flexibility index (Phi) is 7.06. The maximum absolute atomic E-state index is 12.8. The molecule has 0 unspecified atom stereocenters. The van der Waals surface area contributed by atoms with Crippen LogP contribution in [0.4, 0.5) is 11.5 Å². The normalized spacial score (nSPS) is 15.5. The highest BCUT2D eigenvalue weighted by molar-refractivity contribution is 9.10. The minimum atomic E-state index is -0.746. The van der Waals surface area contributed by atoms with Gasteiger partial charge in [0.15, 0.2) is 5.37 Å². The Morgan fingerprint density at radius 1 is 1.23 bits per heavy atom. The molecule has 30 heavy (non-hydrogen) atoms. The number of halogens is 1. The topological polar surface area (TPSA) is 143 Å². The highest BCUT2D eigenvalue weighted by Gasteiger charge is 2.35. The van der Waals surface area contributed by atoms with Gasteiger partial charge in [0.1, 0.15) is 10.4 Å². The van der Waals surface area contributed by atoms with Gasteiger partial charge in [-0.25, -0.2) is 10.4 Å². The van der Waals surface area contributed by atoms with Crippen LogP contribution in [-0.2, 0) is 14.4 Å². The molecule has 1 aliphatic rings. The molecular formula is C19H20BrN6O3S+. The van der Waals surface area contributed by atoms with E-state index in [-0.39, 0.29) is 24.1 Å². The van der Waals surface area contributed by atoms with E-state index in [1.54, 1.807) is 42.5 Å².